The van der Waals surface area contributed by atoms with Crippen molar-refractivity contribution >= 4 is 5.69 Å². The van der Waals surface area contributed by atoms with Crippen LogP contribution in [0.2, 0.25) is 0 Å². The third kappa shape index (κ3) is 2.97. The zero-order valence-corrected chi connectivity index (χ0v) is 10.1. The lowest BCUT2D eigenvalue weighted by molar-refractivity contribution is 0.0582. The second-order valence-corrected chi connectivity index (χ2v) is 5.13. The lowest BCUT2D eigenvalue weighted by atomic mass is 10.1. The number of likely N-dealkylation sites (tertiary alicyclic amines) is 1. The van der Waals surface area contributed by atoms with E-state index in [0.29, 0.717) is 18.8 Å². The highest BCUT2D eigenvalue weighted by Crippen LogP contribution is 2.25. The molecule has 1 aliphatic heterocycles. The SMILES string of the molecule is CC1(O)CCN(CC(O)c2ccccc2N)C1. The van der Waals surface area contributed by atoms with Crippen molar-refractivity contribution in [3.63, 3.8) is 0 Å². The van der Waals surface area contributed by atoms with Crippen molar-refractivity contribution in [1.82, 2.24) is 4.90 Å². The average Bonchev–Trinajstić information content (AvgIpc) is 2.58. The van der Waals surface area contributed by atoms with Crippen LogP contribution in [0, 0.1) is 0 Å². The molecule has 2 unspecified atom stereocenters. The Hall–Kier alpha value is -1.10. The van der Waals surface area contributed by atoms with Gasteiger partial charge in [-0.1, -0.05) is 18.2 Å². The predicted molar refractivity (Wildman–Crippen MR) is 67.5 cm³/mol. The normalized spacial score (nSPS) is 27.2. The first-order valence-corrected chi connectivity index (χ1v) is 5.95. The summed E-state index contributed by atoms with van der Waals surface area (Å²) < 4.78 is 0. The molecule has 1 heterocycles. The van der Waals surface area contributed by atoms with Gasteiger partial charge in [0.1, 0.15) is 0 Å². The molecule has 0 saturated carbocycles. The summed E-state index contributed by atoms with van der Waals surface area (Å²) in [5.41, 5.74) is 6.58. The number of benzene rings is 1. The minimum Gasteiger partial charge on any atom is -0.398 e. The Labute approximate surface area is 102 Å². The summed E-state index contributed by atoms with van der Waals surface area (Å²) in [5.74, 6) is 0. The first-order chi connectivity index (χ1) is 7.98. The fourth-order valence-electron chi connectivity index (χ4n) is 2.35. The minimum atomic E-state index is -0.623. The molecule has 4 N–H and O–H groups in total. The Kier molecular flexibility index (Phi) is 3.38. The largest absolute Gasteiger partial charge is 0.398 e. The lowest BCUT2D eigenvalue weighted by Gasteiger charge is -2.22. The van der Waals surface area contributed by atoms with E-state index in [1.807, 2.05) is 25.1 Å². The second kappa shape index (κ2) is 4.64. The fourth-order valence-corrected chi connectivity index (χ4v) is 2.35. The molecule has 0 spiro atoms. The van der Waals surface area contributed by atoms with Crippen molar-refractivity contribution in [3.05, 3.63) is 29.8 Å². The monoisotopic (exact) mass is 236 g/mol. The molecule has 2 rings (SSSR count). The van der Waals surface area contributed by atoms with E-state index in [1.165, 1.54) is 0 Å². The molecule has 94 valence electrons. The number of aliphatic hydroxyl groups excluding tert-OH is 1. The minimum absolute atomic E-state index is 0.518. The molecule has 0 amide bonds. The van der Waals surface area contributed by atoms with Crippen LogP contribution < -0.4 is 5.73 Å². The van der Waals surface area contributed by atoms with E-state index in [-0.39, 0.29) is 0 Å². The van der Waals surface area contributed by atoms with E-state index in [9.17, 15) is 10.2 Å². The molecule has 1 aromatic rings. The van der Waals surface area contributed by atoms with Crippen molar-refractivity contribution < 1.29 is 10.2 Å². The Morgan fingerprint density at radius 3 is 2.76 bits per heavy atom. The third-order valence-corrected chi connectivity index (χ3v) is 3.32. The number of nitrogens with two attached hydrogens (primary N) is 1. The van der Waals surface area contributed by atoms with Gasteiger partial charge >= 0.3 is 0 Å². The van der Waals surface area contributed by atoms with Crippen molar-refractivity contribution in [2.45, 2.75) is 25.0 Å². The number of para-hydroxylation sites is 1. The van der Waals surface area contributed by atoms with Gasteiger partial charge in [-0.3, -0.25) is 4.90 Å². The van der Waals surface area contributed by atoms with Crippen LogP contribution >= 0.6 is 0 Å². The van der Waals surface area contributed by atoms with E-state index in [2.05, 4.69) is 4.90 Å². The summed E-state index contributed by atoms with van der Waals surface area (Å²) in [6.07, 6.45) is 0.161. The Balaban J connectivity index is 1.99. The maximum absolute atomic E-state index is 10.1. The van der Waals surface area contributed by atoms with Crippen LogP contribution in [0.4, 0.5) is 5.69 Å². The molecule has 4 heteroatoms. The van der Waals surface area contributed by atoms with Gasteiger partial charge in [-0.15, -0.1) is 0 Å². The highest BCUT2D eigenvalue weighted by molar-refractivity contribution is 5.47. The number of rotatable bonds is 3. The number of nitrogen functional groups attached to an aromatic ring is 1. The van der Waals surface area contributed by atoms with Gasteiger partial charge in [0.2, 0.25) is 0 Å². The molecular weight excluding hydrogens is 216 g/mol. The van der Waals surface area contributed by atoms with Crippen molar-refractivity contribution in [1.29, 1.82) is 0 Å². The molecule has 1 aromatic carbocycles. The van der Waals surface area contributed by atoms with Crippen LogP contribution in [0.3, 0.4) is 0 Å². The summed E-state index contributed by atoms with van der Waals surface area (Å²) in [4.78, 5) is 2.07. The Bertz CT molecular complexity index is 393. The van der Waals surface area contributed by atoms with E-state index in [4.69, 9.17) is 5.73 Å². The highest BCUT2D eigenvalue weighted by atomic mass is 16.3. The molecule has 17 heavy (non-hydrogen) atoms. The molecular formula is C13H20N2O2. The summed E-state index contributed by atoms with van der Waals surface area (Å²) in [6.45, 7) is 3.77. The lowest BCUT2D eigenvalue weighted by Crippen LogP contribution is -2.32. The Morgan fingerprint density at radius 2 is 2.18 bits per heavy atom. The molecule has 4 nitrogen and oxygen atoms in total. The van der Waals surface area contributed by atoms with Crippen LogP contribution in [0.25, 0.3) is 0 Å². The fraction of sp³-hybridized carbons (Fsp3) is 0.538. The third-order valence-electron chi connectivity index (χ3n) is 3.32. The van der Waals surface area contributed by atoms with Crippen LogP contribution in [-0.4, -0.2) is 40.3 Å². The van der Waals surface area contributed by atoms with Crippen LogP contribution in [0.5, 0.6) is 0 Å². The van der Waals surface area contributed by atoms with Gasteiger partial charge in [-0.25, -0.2) is 0 Å². The van der Waals surface area contributed by atoms with E-state index in [1.54, 1.807) is 6.07 Å². The first kappa shape index (κ1) is 12.4. The van der Waals surface area contributed by atoms with Gasteiger partial charge in [-0.2, -0.15) is 0 Å². The summed E-state index contributed by atoms with van der Waals surface area (Å²) in [5, 5.41) is 20.0. The zero-order valence-electron chi connectivity index (χ0n) is 10.1. The molecule has 0 radical (unpaired) electrons. The van der Waals surface area contributed by atoms with Crippen molar-refractivity contribution in [2.24, 2.45) is 0 Å². The molecule has 1 aliphatic rings. The number of aliphatic hydroxyl groups is 2. The average molecular weight is 236 g/mol. The molecule has 0 aliphatic carbocycles. The second-order valence-electron chi connectivity index (χ2n) is 5.13. The maximum atomic E-state index is 10.1. The quantitative estimate of drug-likeness (QED) is 0.678. The van der Waals surface area contributed by atoms with Crippen LogP contribution in [-0.2, 0) is 0 Å². The van der Waals surface area contributed by atoms with Crippen LogP contribution in [0.15, 0.2) is 24.3 Å². The number of hydrogen-bond acceptors (Lipinski definition) is 4. The van der Waals surface area contributed by atoms with Gasteiger partial charge in [0.25, 0.3) is 0 Å². The number of hydrogen-bond donors (Lipinski definition) is 3. The topological polar surface area (TPSA) is 69.7 Å². The van der Waals surface area contributed by atoms with Crippen molar-refractivity contribution in [2.75, 3.05) is 25.4 Å². The van der Waals surface area contributed by atoms with E-state index >= 15 is 0 Å². The smallest absolute Gasteiger partial charge is 0.0936 e. The maximum Gasteiger partial charge on any atom is 0.0936 e. The van der Waals surface area contributed by atoms with Gasteiger partial charge in [-0.05, 0) is 19.4 Å². The van der Waals surface area contributed by atoms with E-state index < -0.39 is 11.7 Å². The molecule has 1 fully saturated rings. The molecule has 0 aromatic heterocycles. The number of nitrogens with zero attached hydrogens (tertiary/aromatic N) is 1. The summed E-state index contributed by atoms with van der Waals surface area (Å²) in [6, 6.07) is 7.36. The summed E-state index contributed by atoms with van der Waals surface area (Å²) in [7, 11) is 0. The predicted octanol–water partition coefficient (Wildman–Crippen LogP) is 0.759. The highest BCUT2D eigenvalue weighted by Gasteiger charge is 2.32. The van der Waals surface area contributed by atoms with Gasteiger partial charge in [0.15, 0.2) is 0 Å². The molecule has 0 bridgehead atoms. The van der Waals surface area contributed by atoms with Gasteiger partial charge in [0, 0.05) is 30.9 Å². The zero-order chi connectivity index (χ0) is 12.5. The number of anilines is 1. The number of β-amino-alcohol motifs (C(OH)–C–C–N with tert-alkyl or cyclic N) is 2. The standard InChI is InChI=1S/C13H20N2O2/c1-13(17)6-7-15(9-13)8-12(16)10-4-2-3-5-11(10)14/h2-5,12,16-17H,6-9,14H2,1H3. The van der Waals surface area contributed by atoms with Crippen LogP contribution in [0.1, 0.15) is 25.0 Å². The van der Waals surface area contributed by atoms with E-state index in [0.717, 1.165) is 18.5 Å². The molecule has 1 saturated heterocycles. The molecule has 2 atom stereocenters. The van der Waals surface area contributed by atoms with Crippen molar-refractivity contribution in [3.8, 4) is 0 Å². The van der Waals surface area contributed by atoms with Gasteiger partial charge < -0.3 is 15.9 Å². The summed E-state index contributed by atoms with van der Waals surface area (Å²) >= 11 is 0. The Morgan fingerprint density at radius 1 is 1.47 bits per heavy atom. The first-order valence-electron chi connectivity index (χ1n) is 5.95. The van der Waals surface area contributed by atoms with Gasteiger partial charge in [0.05, 0.1) is 11.7 Å².